The number of halogens is 1. The molecular weight excluding hydrogens is 313 g/mol. The normalized spacial score (nSPS) is 10.4. The number of carbonyl (C=O) groups is 2. The van der Waals surface area contributed by atoms with E-state index in [1.807, 2.05) is 6.07 Å². The zero-order valence-electron chi connectivity index (χ0n) is 12.3. The van der Waals surface area contributed by atoms with Crippen molar-refractivity contribution in [1.82, 2.24) is 9.78 Å². The number of benzene rings is 2. The summed E-state index contributed by atoms with van der Waals surface area (Å²) in [4.78, 5) is 24.4. The van der Waals surface area contributed by atoms with Gasteiger partial charge in [0.25, 0.3) is 0 Å². The number of aromatic nitrogens is 2. The van der Waals surface area contributed by atoms with Crippen LogP contribution in [0.25, 0.3) is 0 Å². The van der Waals surface area contributed by atoms with Crippen molar-refractivity contribution in [3.05, 3.63) is 77.9 Å². The van der Waals surface area contributed by atoms with E-state index in [9.17, 15) is 19.1 Å². The number of hydrogen-bond acceptors (Lipinski definition) is 4. The minimum atomic E-state index is -0.648. The molecule has 2 aromatic carbocycles. The van der Waals surface area contributed by atoms with E-state index in [0.717, 1.165) is 22.9 Å². The van der Waals surface area contributed by atoms with Gasteiger partial charge < -0.3 is 10.4 Å². The molecular formula is C17H12FN3O3. The van der Waals surface area contributed by atoms with Gasteiger partial charge in [0.05, 0.1) is 17.3 Å². The van der Waals surface area contributed by atoms with Crippen molar-refractivity contribution < 1.29 is 19.1 Å². The first-order valence-electron chi connectivity index (χ1n) is 6.99. The van der Waals surface area contributed by atoms with E-state index >= 15 is 0 Å². The number of hydrogen-bond donors (Lipinski definition) is 2. The van der Waals surface area contributed by atoms with Gasteiger partial charge in [-0.3, -0.25) is 4.79 Å². The van der Waals surface area contributed by atoms with Crippen LogP contribution in [0.15, 0.2) is 60.9 Å². The van der Waals surface area contributed by atoms with Gasteiger partial charge in [-0.2, -0.15) is 9.78 Å². The fraction of sp³-hybridized carbons (Fsp3) is 0. The SMILES string of the molecule is O=C(c1cnn(C(=O)Nc2ccccc2)c1)c1cc(F)ccc1O. The van der Waals surface area contributed by atoms with Crippen LogP contribution in [0.2, 0.25) is 0 Å². The molecule has 0 aliphatic carbocycles. The summed E-state index contributed by atoms with van der Waals surface area (Å²) in [6.07, 6.45) is 2.39. The van der Waals surface area contributed by atoms with Crippen LogP contribution in [0.1, 0.15) is 15.9 Å². The predicted octanol–water partition coefficient (Wildman–Crippen LogP) is 3.04. The number of phenols is 1. The highest BCUT2D eigenvalue weighted by molar-refractivity contribution is 6.10. The quantitative estimate of drug-likeness (QED) is 0.725. The summed E-state index contributed by atoms with van der Waals surface area (Å²) in [6, 6.07) is 11.3. The Bertz CT molecular complexity index is 906. The van der Waals surface area contributed by atoms with Crippen molar-refractivity contribution in [2.45, 2.75) is 0 Å². The number of nitrogens with one attached hydrogen (secondary N) is 1. The molecule has 0 aliphatic heterocycles. The number of nitrogens with zero attached hydrogens (tertiary/aromatic N) is 2. The number of rotatable bonds is 3. The number of para-hydroxylation sites is 1. The number of ketones is 1. The van der Waals surface area contributed by atoms with Gasteiger partial charge in [0.1, 0.15) is 11.6 Å². The maximum Gasteiger partial charge on any atom is 0.346 e. The smallest absolute Gasteiger partial charge is 0.346 e. The van der Waals surface area contributed by atoms with Crippen molar-refractivity contribution >= 4 is 17.5 Å². The van der Waals surface area contributed by atoms with Crippen molar-refractivity contribution in [1.29, 1.82) is 0 Å². The van der Waals surface area contributed by atoms with Gasteiger partial charge in [0.15, 0.2) is 5.78 Å². The molecule has 0 atom stereocenters. The Labute approximate surface area is 136 Å². The summed E-state index contributed by atoms with van der Waals surface area (Å²) in [7, 11) is 0. The van der Waals surface area contributed by atoms with Gasteiger partial charge >= 0.3 is 6.03 Å². The molecule has 0 bridgehead atoms. The Morgan fingerprint density at radius 1 is 1.12 bits per heavy atom. The van der Waals surface area contributed by atoms with Crippen molar-refractivity contribution in [2.24, 2.45) is 0 Å². The summed E-state index contributed by atoms with van der Waals surface area (Å²) in [5.74, 6) is -1.63. The van der Waals surface area contributed by atoms with E-state index in [1.165, 1.54) is 12.4 Å². The van der Waals surface area contributed by atoms with Crippen molar-refractivity contribution in [2.75, 3.05) is 5.32 Å². The van der Waals surface area contributed by atoms with Crippen LogP contribution in [0.4, 0.5) is 14.9 Å². The van der Waals surface area contributed by atoms with Gasteiger partial charge in [-0.1, -0.05) is 18.2 Å². The number of amides is 1. The highest BCUT2D eigenvalue weighted by Gasteiger charge is 2.18. The van der Waals surface area contributed by atoms with Crippen molar-refractivity contribution in [3.63, 3.8) is 0 Å². The van der Waals surface area contributed by atoms with Gasteiger partial charge in [-0.25, -0.2) is 9.18 Å². The average Bonchev–Trinajstić information content (AvgIpc) is 3.07. The molecule has 0 fully saturated rings. The van der Waals surface area contributed by atoms with Crippen molar-refractivity contribution in [3.8, 4) is 5.75 Å². The van der Waals surface area contributed by atoms with E-state index in [-0.39, 0.29) is 16.9 Å². The van der Waals surface area contributed by atoms with Gasteiger partial charge in [-0.15, -0.1) is 0 Å². The molecule has 3 aromatic rings. The lowest BCUT2D eigenvalue weighted by Gasteiger charge is -2.04. The lowest BCUT2D eigenvalue weighted by atomic mass is 10.1. The Morgan fingerprint density at radius 3 is 2.62 bits per heavy atom. The van der Waals surface area contributed by atoms with Crippen LogP contribution in [0.3, 0.4) is 0 Å². The zero-order valence-corrected chi connectivity index (χ0v) is 12.3. The molecule has 0 unspecified atom stereocenters. The van der Waals surface area contributed by atoms with Crippen LogP contribution in [-0.2, 0) is 0 Å². The highest BCUT2D eigenvalue weighted by Crippen LogP contribution is 2.21. The lowest BCUT2D eigenvalue weighted by Crippen LogP contribution is -2.19. The van der Waals surface area contributed by atoms with E-state index < -0.39 is 17.6 Å². The molecule has 0 saturated heterocycles. The first kappa shape index (κ1) is 15.4. The minimum Gasteiger partial charge on any atom is -0.507 e. The maximum atomic E-state index is 13.3. The third-order valence-corrected chi connectivity index (χ3v) is 3.28. The van der Waals surface area contributed by atoms with E-state index in [0.29, 0.717) is 5.69 Å². The molecule has 120 valence electrons. The zero-order chi connectivity index (χ0) is 17.1. The van der Waals surface area contributed by atoms with Crippen LogP contribution in [-0.4, -0.2) is 26.7 Å². The molecule has 0 aliphatic rings. The highest BCUT2D eigenvalue weighted by atomic mass is 19.1. The summed E-state index contributed by atoms with van der Waals surface area (Å²) in [5.41, 5.74) is 0.436. The maximum absolute atomic E-state index is 13.3. The molecule has 6 nitrogen and oxygen atoms in total. The third-order valence-electron chi connectivity index (χ3n) is 3.28. The van der Waals surface area contributed by atoms with Crippen LogP contribution in [0.5, 0.6) is 5.75 Å². The van der Waals surface area contributed by atoms with E-state index in [2.05, 4.69) is 10.4 Å². The first-order valence-corrected chi connectivity index (χ1v) is 6.99. The molecule has 24 heavy (non-hydrogen) atoms. The molecule has 3 rings (SSSR count). The molecule has 7 heteroatoms. The molecule has 0 spiro atoms. The monoisotopic (exact) mass is 325 g/mol. The first-order chi connectivity index (χ1) is 11.5. The van der Waals surface area contributed by atoms with E-state index in [1.54, 1.807) is 24.3 Å². The fourth-order valence-electron chi connectivity index (χ4n) is 2.10. The molecule has 1 amide bonds. The van der Waals surface area contributed by atoms with Gasteiger partial charge in [-0.05, 0) is 30.3 Å². The standard InChI is InChI=1S/C17H12FN3O3/c18-12-6-7-15(22)14(8-12)16(23)11-9-19-21(10-11)17(24)20-13-4-2-1-3-5-13/h1-10,22H,(H,20,24). The van der Waals surface area contributed by atoms with Crippen LogP contribution < -0.4 is 5.32 Å². The third kappa shape index (κ3) is 3.14. The molecule has 2 N–H and O–H groups in total. The topological polar surface area (TPSA) is 84.2 Å². The Balaban J connectivity index is 1.81. The fourth-order valence-corrected chi connectivity index (χ4v) is 2.10. The van der Waals surface area contributed by atoms with E-state index in [4.69, 9.17) is 0 Å². The number of anilines is 1. The molecule has 1 heterocycles. The second-order valence-electron chi connectivity index (χ2n) is 4.96. The molecule has 0 saturated carbocycles. The summed E-state index contributed by atoms with van der Waals surface area (Å²) < 4.78 is 14.2. The van der Waals surface area contributed by atoms with Gasteiger partial charge in [0.2, 0.25) is 0 Å². The second-order valence-corrected chi connectivity index (χ2v) is 4.96. The number of carbonyl (C=O) groups excluding carboxylic acids is 2. The largest absolute Gasteiger partial charge is 0.507 e. The van der Waals surface area contributed by atoms with Gasteiger partial charge in [0, 0.05) is 11.9 Å². The number of phenolic OH excluding ortho intramolecular Hbond substituents is 1. The average molecular weight is 325 g/mol. The Morgan fingerprint density at radius 2 is 1.88 bits per heavy atom. The molecule has 0 radical (unpaired) electrons. The Hall–Kier alpha value is -3.48. The summed E-state index contributed by atoms with van der Waals surface area (Å²) >= 11 is 0. The van der Waals surface area contributed by atoms with Crippen LogP contribution >= 0.6 is 0 Å². The summed E-state index contributed by atoms with van der Waals surface area (Å²) in [5, 5.41) is 16.1. The minimum absolute atomic E-state index is 0.0547. The Kier molecular flexibility index (Phi) is 4.07. The predicted molar refractivity (Wildman–Crippen MR) is 84.6 cm³/mol. The number of aromatic hydroxyl groups is 1. The summed E-state index contributed by atoms with van der Waals surface area (Å²) in [6.45, 7) is 0. The van der Waals surface area contributed by atoms with Crippen LogP contribution in [0, 0.1) is 5.82 Å². The molecule has 1 aromatic heterocycles. The lowest BCUT2D eigenvalue weighted by molar-refractivity contribution is 0.103. The second kappa shape index (κ2) is 6.33.